The number of rotatable bonds is 1. The van der Waals surface area contributed by atoms with Crippen LogP contribution in [0.4, 0.5) is 0 Å². The summed E-state index contributed by atoms with van der Waals surface area (Å²) in [4.78, 5) is 14.2. The molecule has 3 aliphatic heterocycles. The van der Waals surface area contributed by atoms with Gasteiger partial charge in [0.15, 0.2) is 5.78 Å². The summed E-state index contributed by atoms with van der Waals surface area (Å²) >= 11 is 1.68. The summed E-state index contributed by atoms with van der Waals surface area (Å²) < 4.78 is 0. The van der Waals surface area contributed by atoms with E-state index < -0.39 is 0 Å². The molecule has 2 bridgehead atoms. The van der Waals surface area contributed by atoms with Gasteiger partial charge in [-0.1, -0.05) is 0 Å². The van der Waals surface area contributed by atoms with Gasteiger partial charge in [-0.3, -0.25) is 4.79 Å². The van der Waals surface area contributed by atoms with Gasteiger partial charge in [-0.2, -0.15) is 11.3 Å². The molecule has 0 saturated carbocycles. The van der Waals surface area contributed by atoms with Crippen molar-refractivity contribution >= 4 is 23.2 Å². The quantitative estimate of drug-likeness (QED) is 0.676. The smallest absolute Gasteiger partial charge is 0.182 e. The zero-order valence-electron chi connectivity index (χ0n) is 8.48. The Morgan fingerprint density at radius 2 is 2.20 bits per heavy atom. The van der Waals surface area contributed by atoms with Crippen molar-refractivity contribution in [3.63, 3.8) is 0 Å². The van der Waals surface area contributed by atoms with Crippen molar-refractivity contribution in [1.82, 2.24) is 4.90 Å². The Morgan fingerprint density at radius 3 is 2.80 bits per heavy atom. The van der Waals surface area contributed by atoms with Crippen LogP contribution in [0.2, 0.25) is 0 Å². The molecule has 0 N–H and O–H groups in total. The molecule has 3 aliphatic rings. The minimum atomic E-state index is 0.305. The highest BCUT2D eigenvalue weighted by Crippen LogP contribution is 2.32. The maximum atomic E-state index is 12.0. The second kappa shape index (κ2) is 3.49. The number of carbonyl (C=O) groups excluding carboxylic acids is 1. The average Bonchev–Trinajstić information content (AvgIpc) is 2.77. The standard InChI is InChI=1S/C12H13NOS/c14-12-10-1-4-13(5-2-10)11(12)7-9-3-6-15-8-9/h3,6-8,10H,1-2,4-5H2/b11-7+. The molecule has 3 fully saturated rings. The van der Waals surface area contributed by atoms with Crippen LogP contribution in [0, 0.1) is 5.92 Å². The SMILES string of the molecule is O=C1/C(=C\c2ccsc2)N2CCC1CC2. The predicted octanol–water partition coefficient (Wildman–Crippen LogP) is 2.38. The van der Waals surface area contributed by atoms with Crippen LogP contribution in [0.15, 0.2) is 22.5 Å². The number of allylic oxidation sites excluding steroid dienone is 1. The highest BCUT2D eigenvalue weighted by molar-refractivity contribution is 7.08. The van der Waals surface area contributed by atoms with Crippen molar-refractivity contribution in [2.75, 3.05) is 13.1 Å². The van der Waals surface area contributed by atoms with E-state index in [1.807, 2.05) is 11.5 Å². The van der Waals surface area contributed by atoms with E-state index in [9.17, 15) is 4.79 Å². The van der Waals surface area contributed by atoms with E-state index in [-0.39, 0.29) is 0 Å². The zero-order valence-corrected chi connectivity index (χ0v) is 9.30. The summed E-state index contributed by atoms with van der Waals surface area (Å²) in [6.07, 6.45) is 4.16. The fourth-order valence-corrected chi connectivity index (χ4v) is 3.04. The first-order valence-corrected chi connectivity index (χ1v) is 6.32. The molecule has 2 nitrogen and oxygen atoms in total. The minimum Gasteiger partial charge on any atom is -0.369 e. The number of fused-ring (bicyclic) bond motifs is 3. The van der Waals surface area contributed by atoms with E-state index >= 15 is 0 Å². The number of carbonyl (C=O) groups is 1. The summed E-state index contributed by atoms with van der Waals surface area (Å²) in [5, 5.41) is 4.14. The van der Waals surface area contributed by atoms with Crippen LogP contribution in [0.1, 0.15) is 18.4 Å². The molecule has 0 unspecified atom stereocenters. The lowest BCUT2D eigenvalue weighted by molar-refractivity contribution is -0.125. The first kappa shape index (κ1) is 9.16. The Balaban J connectivity index is 1.95. The van der Waals surface area contributed by atoms with Gasteiger partial charge in [-0.05, 0) is 41.3 Å². The van der Waals surface area contributed by atoms with Crippen molar-refractivity contribution in [1.29, 1.82) is 0 Å². The predicted molar refractivity (Wildman–Crippen MR) is 61.6 cm³/mol. The topological polar surface area (TPSA) is 20.3 Å². The number of hydrogen-bond acceptors (Lipinski definition) is 3. The third kappa shape index (κ3) is 1.51. The molecule has 0 aliphatic carbocycles. The van der Waals surface area contributed by atoms with Crippen LogP contribution >= 0.6 is 11.3 Å². The van der Waals surface area contributed by atoms with Crippen LogP contribution in [0.3, 0.4) is 0 Å². The zero-order chi connectivity index (χ0) is 10.3. The van der Waals surface area contributed by atoms with Crippen molar-refractivity contribution in [2.24, 2.45) is 5.92 Å². The lowest BCUT2D eigenvalue weighted by Crippen LogP contribution is -2.45. The molecular weight excluding hydrogens is 206 g/mol. The van der Waals surface area contributed by atoms with Gasteiger partial charge in [0.1, 0.15) is 0 Å². The van der Waals surface area contributed by atoms with Crippen LogP contribution in [0.5, 0.6) is 0 Å². The Kier molecular flexibility index (Phi) is 2.13. The number of thiophene rings is 1. The summed E-state index contributed by atoms with van der Waals surface area (Å²) in [6, 6.07) is 2.06. The molecule has 4 rings (SSSR count). The third-order valence-corrected chi connectivity index (χ3v) is 4.01. The van der Waals surface area contributed by atoms with Gasteiger partial charge in [0.25, 0.3) is 0 Å². The van der Waals surface area contributed by atoms with E-state index in [0.717, 1.165) is 37.2 Å². The fourth-order valence-electron chi connectivity index (χ4n) is 2.42. The summed E-state index contributed by atoms with van der Waals surface area (Å²) in [5.74, 6) is 0.665. The molecule has 3 heteroatoms. The number of Topliss-reactive ketones (excluding diaryl/α,β-unsaturated/α-hetero) is 1. The number of piperidine rings is 3. The summed E-state index contributed by atoms with van der Waals surface area (Å²) in [7, 11) is 0. The largest absolute Gasteiger partial charge is 0.369 e. The highest BCUT2D eigenvalue weighted by atomic mass is 32.1. The molecule has 0 spiro atoms. The molecule has 15 heavy (non-hydrogen) atoms. The van der Waals surface area contributed by atoms with Crippen molar-refractivity contribution < 1.29 is 4.79 Å². The Hall–Kier alpha value is -1.09. The summed E-state index contributed by atoms with van der Waals surface area (Å²) in [6.45, 7) is 2.12. The van der Waals surface area contributed by atoms with Crippen LogP contribution in [0.25, 0.3) is 6.08 Å². The molecule has 4 heterocycles. The average molecular weight is 219 g/mol. The van der Waals surface area contributed by atoms with E-state index in [1.165, 1.54) is 0 Å². The molecule has 78 valence electrons. The molecular formula is C12H13NOS. The Labute approximate surface area is 93.2 Å². The van der Waals surface area contributed by atoms with Gasteiger partial charge in [0.05, 0.1) is 5.70 Å². The van der Waals surface area contributed by atoms with Gasteiger partial charge in [-0.15, -0.1) is 0 Å². The normalized spacial score (nSPS) is 24.1. The van der Waals surface area contributed by atoms with E-state index in [4.69, 9.17) is 0 Å². The summed E-state index contributed by atoms with van der Waals surface area (Å²) in [5.41, 5.74) is 2.10. The maximum absolute atomic E-state index is 12.0. The second-order valence-electron chi connectivity index (χ2n) is 4.21. The highest BCUT2D eigenvalue weighted by Gasteiger charge is 2.36. The number of ketones is 1. The van der Waals surface area contributed by atoms with Crippen molar-refractivity contribution in [2.45, 2.75) is 12.8 Å². The molecule has 0 amide bonds. The second-order valence-corrected chi connectivity index (χ2v) is 4.99. The molecule has 0 aromatic carbocycles. The van der Waals surface area contributed by atoms with Crippen LogP contribution in [-0.2, 0) is 4.79 Å². The van der Waals surface area contributed by atoms with E-state index in [1.54, 1.807) is 11.3 Å². The maximum Gasteiger partial charge on any atom is 0.182 e. The monoisotopic (exact) mass is 219 g/mol. The van der Waals surface area contributed by atoms with E-state index in [2.05, 4.69) is 16.3 Å². The van der Waals surface area contributed by atoms with Gasteiger partial charge >= 0.3 is 0 Å². The van der Waals surface area contributed by atoms with Gasteiger partial charge < -0.3 is 4.90 Å². The third-order valence-electron chi connectivity index (χ3n) is 3.31. The lowest BCUT2D eigenvalue weighted by Gasteiger charge is -2.41. The van der Waals surface area contributed by atoms with Gasteiger partial charge in [0, 0.05) is 19.0 Å². The van der Waals surface area contributed by atoms with Gasteiger partial charge in [-0.25, -0.2) is 0 Å². The first-order valence-electron chi connectivity index (χ1n) is 5.37. The first-order chi connectivity index (χ1) is 7.34. The van der Waals surface area contributed by atoms with Crippen molar-refractivity contribution in [3.8, 4) is 0 Å². The number of hydrogen-bond donors (Lipinski definition) is 0. The van der Waals surface area contributed by atoms with Crippen LogP contribution in [-0.4, -0.2) is 23.8 Å². The molecule has 0 atom stereocenters. The molecule has 3 saturated heterocycles. The fraction of sp³-hybridized carbons (Fsp3) is 0.417. The van der Waals surface area contributed by atoms with Crippen LogP contribution < -0.4 is 0 Å². The Bertz CT molecular complexity index is 399. The minimum absolute atomic E-state index is 0.305. The van der Waals surface area contributed by atoms with Crippen molar-refractivity contribution in [3.05, 3.63) is 28.1 Å². The van der Waals surface area contributed by atoms with E-state index in [0.29, 0.717) is 11.7 Å². The Morgan fingerprint density at radius 1 is 1.40 bits per heavy atom. The number of nitrogens with zero attached hydrogens (tertiary/aromatic N) is 1. The molecule has 1 aromatic heterocycles. The van der Waals surface area contributed by atoms with Gasteiger partial charge in [0.2, 0.25) is 0 Å². The lowest BCUT2D eigenvalue weighted by atomic mass is 9.84. The molecule has 1 aromatic rings. The molecule has 0 radical (unpaired) electrons.